The van der Waals surface area contributed by atoms with Crippen LogP contribution in [0.4, 0.5) is 0 Å². The average Bonchev–Trinajstić information content (AvgIpc) is 3.44. The van der Waals surface area contributed by atoms with Crippen molar-refractivity contribution < 1.29 is 14.3 Å². The molecule has 26 heavy (non-hydrogen) atoms. The summed E-state index contributed by atoms with van der Waals surface area (Å²) in [7, 11) is 1.66. The monoisotopic (exact) mass is 373 g/mol. The lowest BCUT2D eigenvalue weighted by atomic mass is 10.1. The van der Waals surface area contributed by atoms with Crippen molar-refractivity contribution in [3.63, 3.8) is 0 Å². The Bertz CT molecular complexity index is 760. The summed E-state index contributed by atoms with van der Waals surface area (Å²) in [6.45, 7) is 3.06. The lowest BCUT2D eigenvalue weighted by Crippen LogP contribution is -2.32. The average molecular weight is 374 g/mol. The van der Waals surface area contributed by atoms with E-state index in [4.69, 9.17) is 21.1 Å². The summed E-state index contributed by atoms with van der Waals surface area (Å²) < 4.78 is 11.0. The molecule has 5 heteroatoms. The second-order valence-electron chi connectivity index (χ2n) is 6.71. The van der Waals surface area contributed by atoms with Crippen LogP contribution in [0.2, 0.25) is 5.02 Å². The Morgan fingerprint density at radius 1 is 1.23 bits per heavy atom. The molecule has 138 valence electrons. The van der Waals surface area contributed by atoms with Crippen LogP contribution in [0.1, 0.15) is 35.7 Å². The molecule has 1 aliphatic carbocycles. The van der Waals surface area contributed by atoms with E-state index in [9.17, 15) is 4.79 Å². The zero-order chi connectivity index (χ0) is 18.5. The highest BCUT2D eigenvalue weighted by Gasteiger charge is 2.33. The Kier molecular flexibility index (Phi) is 6.17. The minimum atomic E-state index is -0.0251. The Labute approximate surface area is 159 Å². The Balaban J connectivity index is 1.73. The van der Waals surface area contributed by atoms with Crippen LogP contribution in [0.3, 0.4) is 0 Å². The molecule has 0 saturated heterocycles. The predicted octanol–water partition coefficient (Wildman–Crippen LogP) is 4.56. The van der Waals surface area contributed by atoms with Gasteiger partial charge >= 0.3 is 0 Å². The van der Waals surface area contributed by atoms with Gasteiger partial charge in [0.15, 0.2) is 0 Å². The third-order valence-corrected chi connectivity index (χ3v) is 4.55. The maximum Gasteiger partial charge on any atom is 0.254 e. The highest BCUT2D eigenvalue weighted by atomic mass is 35.5. The Hall–Kier alpha value is -2.04. The van der Waals surface area contributed by atoms with Crippen LogP contribution in [-0.2, 0) is 11.3 Å². The van der Waals surface area contributed by atoms with Crippen LogP contribution in [0.5, 0.6) is 5.75 Å². The highest BCUT2D eigenvalue weighted by molar-refractivity contribution is 6.30. The molecule has 0 N–H and O–H groups in total. The van der Waals surface area contributed by atoms with Gasteiger partial charge in [-0.2, -0.15) is 0 Å². The minimum Gasteiger partial charge on any atom is -0.488 e. The number of ether oxygens (including phenoxy) is 2. The summed E-state index contributed by atoms with van der Waals surface area (Å²) in [5.41, 5.74) is 1.68. The number of amides is 1. The number of benzene rings is 2. The molecule has 3 rings (SSSR count). The van der Waals surface area contributed by atoms with E-state index in [0.29, 0.717) is 29.8 Å². The number of hydrogen-bond acceptors (Lipinski definition) is 3. The van der Waals surface area contributed by atoms with Crippen LogP contribution >= 0.6 is 11.6 Å². The Morgan fingerprint density at radius 2 is 2.00 bits per heavy atom. The number of nitrogens with zero attached hydrogens (tertiary/aromatic N) is 1. The Morgan fingerprint density at radius 3 is 2.69 bits per heavy atom. The van der Waals surface area contributed by atoms with Crippen molar-refractivity contribution >= 4 is 17.5 Å². The van der Waals surface area contributed by atoms with Crippen molar-refractivity contribution in [2.24, 2.45) is 0 Å². The molecule has 0 radical (unpaired) electrons. The van der Waals surface area contributed by atoms with Crippen molar-refractivity contribution in [2.45, 2.75) is 38.5 Å². The smallest absolute Gasteiger partial charge is 0.254 e. The minimum absolute atomic E-state index is 0.0223. The molecule has 0 aromatic heterocycles. The molecule has 1 saturated carbocycles. The molecule has 1 fully saturated rings. The van der Waals surface area contributed by atoms with Gasteiger partial charge in [-0.05, 0) is 55.7 Å². The number of carbonyl (C=O) groups excluding carboxylic acids is 1. The van der Waals surface area contributed by atoms with Crippen LogP contribution in [-0.4, -0.2) is 36.7 Å². The molecule has 4 nitrogen and oxygen atoms in total. The summed E-state index contributed by atoms with van der Waals surface area (Å²) in [6.07, 6.45) is 2.07. The third-order valence-electron chi connectivity index (χ3n) is 4.31. The van der Waals surface area contributed by atoms with E-state index in [-0.39, 0.29) is 12.0 Å². The van der Waals surface area contributed by atoms with Crippen molar-refractivity contribution in [3.8, 4) is 5.75 Å². The van der Waals surface area contributed by atoms with Gasteiger partial charge in [-0.1, -0.05) is 29.8 Å². The van der Waals surface area contributed by atoms with Crippen LogP contribution in [0, 0.1) is 0 Å². The first kappa shape index (κ1) is 18.7. The molecule has 1 aliphatic rings. The molecule has 0 heterocycles. The van der Waals surface area contributed by atoms with Crippen molar-refractivity contribution in [2.75, 3.05) is 13.7 Å². The molecule has 0 bridgehead atoms. The number of rotatable bonds is 8. The van der Waals surface area contributed by atoms with Crippen LogP contribution in [0.15, 0.2) is 48.5 Å². The van der Waals surface area contributed by atoms with Crippen LogP contribution in [0.25, 0.3) is 0 Å². The van der Waals surface area contributed by atoms with Crippen molar-refractivity contribution in [1.82, 2.24) is 4.90 Å². The normalized spacial score (nSPS) is 14.7. The quantitative estimate of drug-likeness (QED) is 0.681. The van der Waals surface area contributed by atoms with Gasteiger partial charge in [-0.3, -0.25) is 4.79 Å². The van der Waals surface area contributed by atoms with E-state index < -0.39 is 0 Å². The van der Waals surface area contributed by atoms with E-state index in [2.05, 4.69) is 0 Å². The molecule has 1 atom stereocenters. The van der Waals surface area contributed by atoms with Gasteiger partial charge < -0.3 is 14.4 Å². The first-order valence-corrected chi connectivity index (χ1v) is 9.25. The second-order valence-corrected chi connectivity index (χ2v) is 7.14. The fraction of sp³-hybridized carbons (Fsp3) is 0.381. The van der Waals surface area contributed by atoms with Gasteiger partial charge in [0.1, 0.15) is 11.9 Å². The fourth-order valence-corrected chi connectivity index (χ4v) is 3.15. The molecule has 2 aromatic carbocycles. The summed E-state index contributed by atoms with van der Waals surface area (Å²) in [5, 5.41) is 0.578. The third kappa shape index (κ3) is 4.99. The van der Waals surface area contributed by atoms with Gasteiger partial charge in [-0.25, -0.2) is 0 Å². The zero-order valence-corrected chi connectivity index (χ0v) is 15.9. The van der Waals surface area contributed by atoms with Crippen molar-refractivity contribution in [3.05, 3.63) is 64.7 Å². The standard InChI is InChI=1S/C21H24ClNO3/c1-15(14-25-2)26-20-8-3-5-16(11-20)13-23(19-9-10-19)21(24)17-6-4-7-18(22)12-17/h3-8,11-12,15,19H,9-10,13-14H2,1-2H3/t15-/m0/s1. The summed E-state index contributed by atoms with van der Waals surface area (Å²) in [6, 6.07) is 15.3. The largest absolute Gasteiger partial charge is 0.488 e. The molecule has 0 unspecified atom stereocenters. The van der Waals surface area contributed by atoms with Gasteiger partial charge in [0, 0.05) is 30.3 Å². The van der Waals surface area contributed by atoms with E-state index in [1.807, 2.05) is 48.2 Å². The number of hydrogen-bond donors (Lipinski definition) is 0. The topological polar surface area (TPSA) is 38.8 Å². The van der Waals surface area contributed by atoms with Gasteiger partial charge in [-0.15, -0.1) is 0 Å². The first-order chi connectivity index (χ1) is 12.6. The van der Waals surface area contributed by atoms with Gasteiger partial charge in [0.05, 0.1) is 6.61 Å². The lowest BCUT2D eigenvalue weighted by Gasteiger charge is -2.23. The number of carbonyl (C=O) groups is 1. The number of halogens is 1. The molecule has 2 aromatic rings. The molecule has 0 spiro atoms. The van der Waals surface area contributed by atoms with E-state index in [0.717, 1.165) is 24.2 Å². The lowest BCUT2D eigenvalue weighted by molar-refractivity contribution is 0.0729. The number of methoxy groups -OCH3 is 1. The van der Waals surface area contributed by atoms with Gasteiger partial charge in [0.2, 0.25) is 0 Å². The fourth-order valence-electron chi connectivity index (χ4n) is 2.96. The summed E-state index contributed by atoms with van der Waals surface area (Å²) in [5.74, 6) is 0.812. The molecule has 0 aliphatic heterocycles. The van der Waals surface area contributed by atoms with E-state index in [1.165, 1.54) is 0 Å². The maximum absolute atomic E-state index is 13.0. The van der Waals surface area contributed by atoms with E-state index in [1.54, 1.807) is 19.2 Å². The zero-order valence-electron chi connectivity index (χ0n) is 15.2. The maximum atomic E-state index is 13.0. The van der Waals surface area contributed by atoms with Crippen LogP contribution < -0.4 is 4.74 Å². The predicted molar refractivity (Wildman–Crippen MR) is 103 cm³/mol. The summed E-state index contributed by atoms with van der Waals surface area (Å²) >= 11 is 6.05. The second kappa shape index (κ2) is 8.56. The van der Waals surface area contributed by atoms with Crippen molar-refractivity contribution in [1.29, 1.82) is 0 Å². The summed E-state index contributed by atoms with van der Waals surface area (Å²) in [4.78, 5) is 14.9. The van der Waals surface area contributed by atoms with Gasteiger partial charge in [0.25, 0.3) is 5.91 Å². The molecular formula is C21H24ClNO3. The molecular weight excluding hydrogens is 350 g/mol. The SMILES string of the molecule is COC[C@H](C)Oc1cccc(CN(C(=O)c2cccc(Cl)c2)C2CC2)c1. The highest BCUT2D eigenvalue weighted by Crippen LogP contribution is 2.30. The van der Waals surface area contributed by atoms with E-state index >= 15 is 0 Å². The first-order valence-electron chi connectivity index (χ1n) is 8.88. The molecule has 1 amide bonds.